The standard InChI is InChI=1S/C20H25BrN4O3/c1-3-22-20(23-14-15-6-7-17(27-2)16(21)13-15)25-10-8-24(9-11-25)19(26)18-5-4-12-28-18/h4-7,12-13H,3,8-11,14H2,1-2H3,(H,22,23). The number of furan rings is 1. The van der Waals surface area contributed by atoms with Crippen LogP contribution in [-0.4, -0.2) is 61.5 Å². The Labute approximate surface area is 173 Å². The molecule has 7 nitrogen and oxygen atoms in total. The van der Waals surface area contributed by atoms with E-state index in [-0.39, 0.29) is 5.91 Å². The lowest BCUT2D eigenvalue weighted by molar-refractivity contribution is 0.0657. The molecule has 0 saturated carbocycles. The summed E-state index contributed by atoms with van der Waals surface area (Å²) >= 11 is 3.51. The number of piperazine rings is 1. The molecule has 1 aromatic heterocycles. The molecular formula is C20H25BrN4O3. The zero-order chi connectivity index (χ0) is 19.9. The number of nitrogens with zero attached hydrogens (tertiary/aromatic N) is 3. The highest BCUT2D eigenvalue weighted by Crippen LogP contribution is 2.25. The Bertz CT molecular complexity index is 815. The summed E-state index contributed by atoms with van der Waals surface area (Å²) in [6.07, 6.45) is 1.52. The van der Waals surface area contributed by atoms with E-state index in [2.05, 4.69) is 33.1 Å². The Hall–Kier alpha value is -2.48. The van der Waals surface area contributed by atoms with Crippen LogP contribution in [0.2, 0.25) is 0 Å². The van der Waals surface area contributed by atoms with Gasteiger partial charge in [0.2, 0.25) is 0 Å². The molecule has 1 N–H and O–H groups in total. The van der Waals surface area contributed by atoms with E-state index in [1.165, 1.54) is 6.26 Å². The first-order chi connectivity index (χ1) is 13.6. The minimum absolute atomic E-state index is 0.0605. The summed E-state index contributed by atoms with van der Waals surface area (Å²) < 4.78 is 11.4. The van der Waals surface area contributed by atoms with Gasteiger partial charge in [0, 0.05) is 32.7 Å². The largest absolute Gasteiger partial charge is 0.496 e. The van der Waals surface area contributed by atoms with E-state index < -0.39 is 0 Å². The normalized spacial score (nSPS) is 14.9. The molecule has 8 heteroatoms. The minimum atomic E-state index is -0.0605. The first-order valence-corrected chi connectivity index (χ1v) is 10.1. The number of nitrogens with one attached hydrogen (secondary N) is 1. The smallest absolute Gasteiger partial charge is 0.289 e. The number of aliphatic imine (C=N–C) groups is 1. The van der Waals surface area contributed by atoms with Gasteiger partial charge in [-0.3, -0.25) is 4.79 Å². The number of hydrogen-bond acceptors (Lipinski definition) is 4. The summed E-state index contributed by atoms with van der Waals surface area (Å²) in [5.74, 6) is 1.99. The average Bonchev–Trinajstić information content (AvgIpc) is 3.26. The fourth-order valence-electron chi connectivity index (χ4n) is 3.08. The van der Waals surface area contributed by atoms with Crippen LogP contribution >= 0.6 is 15.9 Å². The van der Waals surface area contributed by atoms with E-state index in [0.29, 0.717) is 25.4 Å². The molecule has 2 heterocycles. The second-order valence-corrected chi connectivity index (χ2v) is 7.25. The number of carbonyl (C=O) groups excluding carboxylic acids is 1. The molecule has 0 unspecified atom stereocenters. The van der Waals surface area contributed by atoms with E-state index in [9.17, 15) is 4.79 Å². The van der Waals surface area contributed by atoms with Crippen molar-refractivity contribution in [2.45, 2.75) is 13.5 Å². The van der Waals surface area contributed by atoms with Crippen LogP contribution in [0.15, 0.2) is 50.5 Å². The summed E-state index contributed by atoms with van der Waals surface area (Å²) in [5, 5.41) is 3.35. The molecule has 1 saturated heterocycles. The Kier molecular flexibility index (Phi) is 6.97. The molecule has 28 heavy (non-hydrogen) atoms. The van der Waals surface area contributed by atoms with Crippen molar-refractivity contribution >= 4 is 27.8 Å². The lowest BCUT2D eigenvalue weighted by Gasteiger charge is -2.36. The molecule has 1 fully saturated rings. The van der Waals surface area contributed by atoms with Gasteiger partial charge in [-0.2, -0.15) is 0 Å². The molecule has 2 aromatic rings. The number of guanidine groups is 1. The van der Waals surface area contributed by atoms with Crippen LogP contribution in [0.5, 0.6) is 5.75 Å². The molecule has 1 amide bonds. The van der Waals surface area contributed by atoms with Gasteiger partial charge >= 0.3 is 0 Å². The summed E-state index contributed by atoms with van der Waals surface area (Å²) in [6.45, 7) is 6.13. The zero-order valence-electron chi connectivity index (χ0n) is 16.2. The number of carbonyl (C=O) groups is 1. The summed E-state index contributed by atoms with van der Waals surface area (Å²) in [6, 6.07) is 9.40. The number of hydrogen-bond donors (Lipinski definition) is 1. The zero-order valence-corrected chi connectivity index (χ0v) is 17.7. The fourth-order valence-corrected chi connectivity index (χ4v) is 3.67. The lowest BCUT2D eigenvalue weighted by atomic mass is 10.2. The van der Waals surface area contributed by atoms with E-state index in [1.807, 2.05) is 23.1 Å². The van der Waals surface area contributed by atoms with E-state index in [1.54, 1.807) is 19.2 Å². The maximum atomic E-state index is 12.4. The molecule has 0 radical (unpaired) electrons. The summed E-state index contributed by atoms with van der Waals surface area (Å²) in [7, 11) is 1.65. The monoisotopic (exact) mass is 448 g/mol. The first-order valence-electron chi connectivity index (χ1n) is 9.30. The molecule has 0 spiro atoms. The molecule has 0 bridgehead atoms. The predicted molar refractivity (Wildman–Crippen MR) is 112 cm³/mol. The SMILES string of the molecule is CCNC(=NCc1ccc(OC)c(Br)c1)N1CCN(C(=O)c2ccco2)CC1. The Morgan fingerprint density at radius 1 is 1.25 bits per heavy atom. The highest BCUT2D eigenvalue weighted by atomic mass is 79.9. The molecule has 1 aliphatic heterocycles. The van der Waals surface area contributed by atoms with Crippen molar-refractivity contribution in [2.75, 3.05) is 39.8 Å². The van der Waals surface area contributed by atoms with Gasteiger partial charge in [-0.05, 0) is 52.7 Å². The molecule has 150 valence electrons. The van der Waals surface area contributed by atoms with E-state index >= 15 is 0 Å². The highest BCUT2D eigenvalue weighted by molar-refractivity contribution is 9.10. The van der Waals surface area contributed by atoms with Gasteiger partial charge in [-0.15, -0.1) is 0 Å². The quantitative estimate of drug-likeness (QED) is 0.562. The maximum absolute atomic E-state index is 12.4. The number of benzene rings is 1. The van der Waals surface area contributed by atoms with Crippen LogP contribution in [-0.2, 0) is 6.54 Å². The van der Waals surface area contributed by atoms with Crippen molar-refractivity contribution in [1.29, 1.82) is 0 Å². The van der Waals surface area contributed by atoms with Crippen molar-refractivity contribution < 1.29 is 13.9 Å². The highest BCUT2D eigenvalue weighted by Gasteiger charge is 2.25. The van der Waals surface area contributed by atoms with Gasteiger partial charge in [-0.25, -0.2) is 4.99 Å². The van der Waals surface area contributed by atoms with Crippen LogP contribution < -0.4 is 10.1 Å². The van der Waals surface area contributed by atoms with Crippen molar-refractivity contribution in [3.63, 3.8) is 0 Å². The second kappa shape index (κ2) is 9.64. The van der Waals surface area contributed by atoms with Crippen LogP contribution in [0.4, 0.5) is 0 Å². The minimum Gasteiger partial charge on any atom is -0.496 e. The van der Waals surface area contributed by atoms with Crippen molar-refractivity contribution in [1.82, 2.24) is 15.1 Å². The number of halogens is 1. The van der Waals surface area contributed by atoms with Gasteiger partial charge in [0.1, 0.15) is 5.75 Å². The van der Waals surface area contributed by atoms with Gasteiger partial charge in [-0.1, -0.05) is 6.07 Å². The molecule has 3 rings (SSSR count). The van der Waals surface area contributed by atoms with Crippen LogP contribution in [0.3, 0.4) is 0 Å². The fraction of sp³-hybridized carbons (Fsp3) is 0.400. The Balaban J connectivity index is 1.62. The molecule has 0 aliphatic carbocycles. The Morgan fingerprint density at radius 3 is 2.61 bits per heavy atom. The summed E-state index contributed by atoms with van der Waals surface area (Å²) in [4.78, 5) is 21.2. The van der Waals surface area contributed by atoms with Crippen molar-refractivity contribution in [2.24, 2.45) is 4.99 Å². The van der Waals surface area contributed by atoms with Crippen LogP contribution in [0, 0.1) is 0 Å². The predicted octanol–water partition coefficient (Wildman–Crippen LogP) is 2.97. The number of amides is 1. The maximum Gasteiger partial charge on any atom is 0.289 e. The van der Waals surface area contributed by atoms with Crippen molar-refractivity contribution in [3.05, 3.63) is 52.4 Å². The summed E-state index contributed by atoms with van der Waals surface area (Å²) in [5.41, 5.74) is 1.09. The topological polar surface area (TPSA) is 70.3 Å². The van der Waals surface area contributed by atoms with Gasteiger partial charge in [0.15, 0.2) is 11.7 Å². The van der Waals surface area contributed by atoms with Crippen molar-refractivity contribution in [3.8, 4) is 5.75 Å². The van der Waals surface area contributed by atoms with Crippen LogP contribution in [0.1, 0.15) is 23.0 Å². The van der Waals surface area contributed by atoms with E-state index in [4.69, 9.17) is 14.1 Å². The number of rotatable bonds is 5. The van der Waals surface area contributed by atoms with Gasteiger partial charge in [0.25, 0.3) is 5.91 Å². The second-order valence-electron chi connectivity index (χ2n) is 6.40. The average molecular weight is 449 g/mol. The van der Waals surface area contributed by atoms with Gasteiger partial charge < -0.3 is 24.3 Å². The third-order valence-electron chi connectivity index (χ3n) is 4.56. The van der Waals surface area contributed by atoms with E-state index in [0.717, 1.165) is 41.4 Å². The van der Waals surface area contributed by atoms with Gasteiger partial charge in [0.05, 0.1) is 24.4 Å². The third-order valence-corrected chi connectivity index (χ3v) is 5.18. The number of ether oxygens (including phenoxy) is 1. The third kappa shape index (κ3) is 4.86. The molecule has 0 atom stereocenters. The number of methoxy groups -OCH3 is 1. The first kappa shape index (κ1) is 20.3. The Morgan fingerprint density at radius 2 is 2.00 bits per heavy atom. The molecule has 1 aliphatic rings. The van der Waals surface area contributed by atoms with Crippen LogP contribution in [0.25, 0.3) is 0 Å². The molecule has 1 aromatic carbocycles. The molecular weight excluding hydrogens is 424 g/mol. The lowest BCUT2D eigenvalue weighted by Crippen LogP contribution is -2.53.